The van der Waals surface area contributed by atoms with Gasteiger partial charge in [-0.15, -0.1) is 0 Å². The molecule has 244 valence electrons. The lowest BCUT2D eigenvalue weighted by atomic mass is 9.83. The average molecular weight is 629 g/mol. The van der Waals surface area contributed by atoms with Crippen LogP contribution in [0, 0.1) is 12.8 Å². The maximum absolute atomic E-state index is 14.8. The number of carboxylic acid groups (broad SMARTS) is 1. The van der Waals surface area contributed by atoms with Crippen LogP contribution in [0.3, 0.4) is 0 Å². The maximum atomic E-state index is 14.8. The van der Waals surface area contributed by atoms with Crippen molar-refractivity contribution in [1.82, 2.24) is 20.4 Å². The van der Waals surface area contributed by atoms with Crippen molar-refractivity contribution in [1.29, 1.82) is 0 Å². The molecule has 1 saturated carbocycles. The molecule has 2 aromatic carbocycles. The van der Waals surface area contributed by atoms with Crippen LogP contribution in [-0.4, -0.2) is 63.9 Å². The Morgan fingerprint density at radius 3 is 2.00 bits per heavy atom. The van der Waals surface area contributed by atoms with Gasteiger partial charge in [-0.1, -0.05) is 79.9 Å². The molecule has 1 aromatic heterocycles. The molecule has 1 saturated heterocycles. The van der Waals surface area contributed by atoms with Crippen LogP contribution in [0.15, 0.2) is 77.2 Å². The first-order valence-electron chi connectivity index (χ1n) is 16.2. The van der Waals surface area contributed by atoms with Crippen molar-refractivity contribution in [3.8, 4) is 0 Å². The fourth-order valence-electron chi connectivity index (χ4n) is 6.80. The van der Waals surface area contributed by atoms with Gasteiger partial charge in [0.15, 0.2) is 0 Å². The molecule has 0 bridgehead atoms. The number of hydrogen-bond acceptors (Lipinski definition) is 5. The zero-order chi connectivity index (χ0) is 32.8. The largest absolute Gasteiger partial charge is 0.465 e. The van der Waals surface area contributed by atoms with Crippen LogP contribution in [0.4, 0.5) is 4.79 Å². The van der Waals surface area contributed by atoms with E-state index in [1.807, 2.05) is 79.7 Å². The minimum Gasteiger partial charge on any atom is -0.465 e. The number of benzene rings is 2. The molecule has 0 radical (unpaired) electrons. The summed E-state index contributed by atoms with van der Waals surface area (Å²) in [7, 11) is 1.33. The van der Waals surface area contributed by atoms with Crippen molar-refractivity contribution in [2.24, 2.45) is 5.92 Å². The number of rotatable bonds is 10. The molecule has 0 unspecified atom stereocenters. The molecule has 3 N–H and O–H groups in total. The number of likely N-dealkylation sites (N-methyl/N-ethyl adjacent to an activating group) is 1. The van der Waals surface area contributed by atoms with Gasteiger partial charge in [-0.25, -0.2) is 4.79 Å². The smallest absolute Gasteiger partial charge is 0.407 e. The number of hydrogen-bond donors (Lipinski definition) is 3. The molecule has 2 heterocycles. The first-order valence-corrected chi connectivity index (χ1v) is 16.2. The summed E-state index contributed by atoms with van der Waals surface area (Å²) in [5.41, 5.74) is 1.83. The van der Waals surface area contributed by atoms with Crippen molar-refractivity contribution in [3.05, 3.63) is 95.4 Å². The zero-order valence-electron chi connectivity index (χ0n) is 26.7. The zero-order valence-corrected chi connectivity index (χ0v) is 26.7. The molecular weight excluding hydrogens is 584 g/mol. The number of aryl methyl sites for hydroxylation is 1. The van der Waals surface area contributed by atoms with Gasteiger partial charge in [-0.3, -0.25) is 19.3 Å². The van der Waals surface area contributed by atoms with Crippen molar-refractivity contribution < 1.29 is 28.7 Å². The lowest BCUT2D eigenvalue weighted by molar-refractivity contribution is -0.146. The van der Waals surface area contributed by atoms with Crippen LogP contribution in [0.1, 0.15) is 86.6 Å². The Balaban J connectivity index is 1.48. The Bertz CT molecular complexity index is 1460. The van der Waals surface area contributed by atoms with Gasteiger partial charge in [0.2, 0.25) is 17.7 Å². The van der Waals surface area contributed by atoms with E-state index in [9.17, 15) is 24.3 Å². The van der Waals surface area contributed by atoms with Gasteiger partial charge in [0, 0.05) is 7.05 Å². The van der Waals surface area contributed by atoms with E-state index < -0.39 is 42.2 Å². The summed E-state index contributed by atoms with van der Waals surface area (Å²) in [5, 5.41) is 15.6. The first-order chi connectivity index (χ1) is 22.2. The molecule has 0 spiro atoms. The quantitative estimate of drug-likeness (QED) is 0.268. The van der Waals surface area contributed by atoms with Gasteiger partial charge in [0.25, 0.3) is 0 Å². The minimum absolute atomic E-state index is 0.141. The second kappa shape index (κ2) is 14.7. The molecule has 2 fully saturated rings. The van der Waals surface area contributed by atoms with Crippen LogP contribution >= 0.6 is 0 Å². The number of amides is 4. The Morgan fingerprint density at radius 2 is 1.46 bits per heavy atom. The normalized spacial score (nSPS) is 19.8. The molecule has 4 atom stereocenters. The van der Waals surface area contributed by atoms with Gasteiger partial charge in [0.05, 0.1) is 12.1 Å². The van der Waals surface area contributed by atoms with Gasteiger partial charge in [0.1, 0.15) is 29.6 Å². The van der Waals surface area contributed by atoms with E-state index in [0.29, 0.717) is 24.4 Å². The van der Waals surface area contributed by atoms with Gasteiger partial charge in [-0.05, 0) is 68.7 Å². The fraction of sp³-hybridized carbons (Fsp3) is 0.444. The Labute approximate surface area is 270 Å². The predicted molar refractivity (Wildman–Crippen MR) is 173 cm³/mol. The number of furan rings is 1. The second-order valence-corrected chi connectivity index (χ2v) is 12.5. The van der Waals surface area contributed by atoms with Crippen LogP contribution in [0.25, 0.3) is 0 Å². The standard InChI is InChI=1S/C36H44N4O6/c1-23-19-22-30(46-23)28-20-21-29(34(42)37-31(25-13-7-4-8-14-25)26-15-9-5-10-16-26)40(28)35(43)32(27-17-11-6-12-18-27)38-33(41)24(2)39(3)36(44)45/h4-5,7-10,13-16,19,22,24,27-29,31-32H,6,11-12,17-18,20-21H2,1-3H3,(H,37,42)(H,38,41)(H,44,45)/t24-,28+,29-,32-/m0/s1. The molecule has 3 aromatic rings. The molecular formula is C36H44N4O6. The van der Waals surface area contributed by atoms with Gasteiger partial charge < -0.3 is 25.1 Å². The Hall–Kier alpha value is -4.60. The van der Waals surface area contributed by atoms with E-state index >= 15 is 0 Å². The molecule has 10 nitrogen and oxygen atoms in total. The topological polar surface area (TPSA) is 132 Å². The summed E-state index contributed by atoms with van der Waals surface area (Å²) >= 11 is 0. The third-order valence-corrected chi connectivity index (χ3v) is 9.53. The van der Waals surface area contributed by atoms with Crippen molar-refractivity contribution in [3.63, 3.8) is 0 Å². The molecule has 2 aliphatic rings. The van der Waals surface area contributed by atoms with Crippen molar-refractivity contribution in [2.75, 3.05) is 7.05 Å². The summed E-state index contributed by atoms with van der Waals surface area (Å²) in [6, 6.07) is 19.5. The number of carbonyl (C=O) groups excluding carboxylic acids is 3. The Kier molecular flexibility index (Phi) is 10.4. The monoisotopic (exact) mass is 628 g/mol. The lowest BCUT2D eigenvalue weighted by Gasteiger charge is -2.37. The maximum Gasteiger partial charge on any atom is 0.407 e. The summed E-state index contributed by atoms with van der Waals surface area (Å²) in [6.07, 6.45) is 4.10. The van der Waals surface area contributed by atoms with Gasteiger partial charge >= 0.3 is 6.09 Å². The van der Waals surface area contributed by atoms with Crippen LogP contribution < -0.4 is 10.6 Å². The van der Waals surface area contributed by atoms with E-state index in [1.165, 1.54) is 14.0 Å². The highest BCUT2D eigenvalue weighted by Crippen LogP contribution is 2.40. The molecule has 1 aliphatic carbocycles. The molecule has 5 rings (SSSR count). The lowest BCUT2D eigenvalue weighted by Crippen LogP contribution is -2.59. The van der Waals surface area contributed by atoms with Gasteiger partial charge in [-0.2, -0.15) is 0 Å². The number of nitrogens with one attached hydrogen (secondary N) is 2. The predicted octanol–water partition coefficient (Wildman–Crippen LogP) is 5.59. The molecule has 4 amide bonds. The number of carbonyl (C=O) groups is 4. The number of nitrogens with zero attached hydrogens (tertiary/aromatic N) is 2. The summed E-state index contributed by atoms with van der Waals surface area (Å²) in [6.45, 7) is 3.34. The van der Waals surface area contributed by atoms with E-state index in [-0.39, 0.29) is 17.7 Å². The third-order valence-electron chi connectivity index (χ3n) is 9.53. The van der Waals surface area contributed by atoms with Crippen molar-refractivity contribution in [2.45, 2.75) is 89.0 Å². The average Bonchev–Trinajstić information content (AvgIpc) is 3.72. The summed E-state index contributed by atoms with van der Waals surface area (Å²) in [5.74, 6) is -0.0322. The molecule has 46 heavy (non-hydrogen) atoms. The molecule has 10 heteroatoms. The third kappa shape index (κ3) is 7.27. The highest BCUT2D eigenvalue weighted by atomic mass is 16.4. The van der Waals surface area contributed by atoms with Crippen LogP contribution in [0.2, 0.25) is 0 Å². The SMILES string of the molecule is Cc1ccc([C@H]2CC[C@@H](C(=O)NC(c3ccccc3)c3ccccc3)N2C(=O)[C@@H](NC(=O)[C@H](C)N(C)C(=O)O)C2CCCCC2)o1. The van der Waals surface area contributed by atoms with E-state index in [0.717, 1.165) is 48.1 Å². The highest BCUT2D eigenvalue weighted by Gasteiger charge is 2.47. The highest BCUT2D eigenvalue weighted by molar-refractivity contribution is 5.94. The van der Waals surface area contributed by atoms with E-state index in [1.54, 1.807) is 4.90 Å². The van der Waals surface area contributed by atoms with Crippen LogP contribution in [0.5, 0.6) is 0 Å². The molecule has 1 aliphatic heterocycles. The van der Waals surface area contributed by atoms with Crippen molar-refractivity contribution >= 4 is 23.8 Å². The summed E-state index contributed by atoms with van der Waals surface area (Å²) < 4.78 is 6.01. The number of likely N-dealkylation sites (tertiary alicyclic amines) is 1. The van der Waals surface area contributed by atoms with Crippen LogP contribution in [-0.2, 0) is 14.4 Å². The Morgan fingerprint density at radius 1 is 0.848 bits per heavy atom. The van der Waals surface area contributed by atoms with E-state index in [4.69, 9.17) is 4.42 Å². The fourth-order valence-corrected chi connectivity index (χ4v) is 6.80. The minimum atomic E-state index is -1.24. The summed E-state index contributed by atoms with van der Waals surface area (Å²) in [4.78, 5) is 56.6. The first kappa shape index (κ1) is 32.8. The second-order valence-electron chi connectivity index (χ2n) is 12.5. The van der Waals surface area contributed by atoms with E-state index in [2.05, 4.69) is 10.6 Å².